The van der Waals surface area contributed by atoms with Gasteiger partial charge in [0.1, 0.15) is 5.75 Å². The molecule has 82 valence electrons. The summed E-state index contributed by atoms with van der Waals surface area (Å²) in [5.41, 5.74) is 6.04. The van der Waals surface area contributed by atoms with Crippen LogP contribution in [-0.2, 0) is 6.61 Å². The van der Waals surface area contributed by atoms with Crippen LogP contribution in [0.4, 0.5) is 0 Å². The van der Waals surface area contributed by atoms with Crippen molar-refractivity contribution >= 4 is 5.84 Å². The van der Waals surface area contributed by atoms with Gasteiger partial charge in [-0.3, -0.25) is 5.41 Å². The van der Waals surface area contributed by atoms with Gasteiger partial charge in [0, 0.05) is 6.42 Å². The maximum absolute atomic E-state index is 8.91. The van der Waals surface area contributed by atoms with Crippen molar-refractivity contribution in [3.63, 3.8) is 0 Å². The maximum atomic E-state index is 8.91. The first-order chi connectivity index (χ1) is 7.22. The topological polar surface area (TPSA) is 79.3 Å². The quantitative estimate of drug-likeness (QED) is 0.374. The van der Waals surface area contributed by atoms with Crippen LogP contribution in [0.2, 0.25) is 0 Å². The summed E-state index contributed by atoms with van der Waals surface area (Å²) in [6.45, 7) is 0.555. The van der Waals surface area contributed by atoms with Crippen molar-refractivity contribution in [1.82, 2.24) is 0 Å². The fraction of sp³-hybridized carbons (Fsp3) is 0.364. The van der Waals surface area contributed by atoms with Crippen LogP contribution in [0.5, 0.6) is 5.75 Å². The third kappa shape index (κ3) is 4.46. The van der Waals surface area contributed by atoms with Crippen molar-refractivity contribution < 1.29 is 9.84 Å². The zero-order valence-corrected chi connectivity index (χ0v) is 8.57. The van der Waals surface area contributed by atoms with E-state index in [1.165, 1.54) is 0 Å². The van der Waals surface area contributed by atoms with Gasteiger partial charge in [0.25, 0.3) is 0 Å². The van der Waals surface area contributed by atoms with E-state index >= 15 is 0 Å². The number of amidine groups is 1. The maximum Gasteiger partial charge on any atom is 0.119 e. The van der Waals surface area contributed by atoms with Crippen molar-refractivity contribution in [2.24, 2.45) is 5.73 Å². The normalized spacial score (nSPS) is 9.93. The summed E-state index contributed by atoms with van der Waals surface area (Å²) in [6, 6.07) is 7.31. The average molecular weight is 208 g/mol. The van der Waals surface area contributed by atoms with Gasteiger partial charge in [-0.1, -0.05) is 12.1 Å². The molecular formula is C11H16N2O2. The Hall–Kier alpha value is -1.55. The molecule has 0 aliphatic rings. The number of nitrogens with one attached hydrogen (secondary N) is 1. The van der Waals surface area contributed by atoms with Crippen LogP contribution in [0.3, 0.4) is 0 Å². The van der Waals surface area contributed by atoms with Gasteiger partial charge in [0.15, 0.2) is 0 Å². The van der Waals surface area contributed by atoms with Crippen molar-refractivity contribution in [3.8, 4) is 5.75 Å². The Labute approximate surface area is 89.2 Å². The number of aliphatic hydroxyl groups excluding tert-OH is 1. The third-order valence-corrected chi connectivity index (χ3v) is 1.94. The molecule has 0 saturated heterocycles. The predicted molar refractivity (Wildman–Crippen MR) is 59.0 cm³/mol. The zero-order valence-electron chi connectivity index (χ0n) is 8.57. The molecule has 4 nitrogen and oxygen atoms in total. The SMILES string of the molecule is N=C(N)CCCOc1cccc(CO)c1. The van der Waals surface area contributed by atoms with E-state index in [-0.39, 0.29) is 12.4 Å². The largest absolute Gasteiger partial charge is 0.494 e. The van der Waals surface area contributed by atoms with Crippen molar-refractivity contribution in [3.05, 3.63) is 29.8 Å². The number of ether oxygens (including phenoxy) is 1. The standard InChI is InChI=1S/C11H16N2O2/c12-11(13)5-2-6-15-10-4-1-3-9(7-10)8-14/h1,3-4,7,14H,2,5-6,8H2,(H3,12,13). The van der Waals surface area contributed by atoms with E-state index in [9.17, 15) is 0 Å². The lowest BCUT2D eigenvalue weighted by atomic mass is 10.2. The molecule has 0 spiro atoms. The summed E-state index contributed by atoms with van der Waals surface area (Å²) >= 11 is 0. The lowest BCUT2D eigenvalue weighted by Crippen LogP contribution is -2.11. The molecule has 1 aromatic carbocycles. The van der Waals surface area contributed by atoms with Crippen LogP contribution in [-0.4, -0.2) is 17.5 Å². The minimum absolute atomic E-state index is 0.0185. The van der Waals surface area contributed by atoms with Crippen LogP contribution in [0, 0.1) is 5.41 Å². The fourth-order valence-electron chi connectivity index (χ4n) is 1.19. The van der Waals surface area contributed by atoms with E-state index in [0.717, 1.165) is 17.7 Å². The highest BCUT2D eigenvalue weighted by Crippen LogP contribution is 2.13. The molecule has 1 aromatic rings. The van der Waals surface area contributed by atoms with Crippen LogP contribution < -0.4 is 10.5 Å². The van der Waals surface area contributed by atoms with E-state index < -0.39 is 0 Å². The van der Waals surface area contributed by atoms with E-state index in [4.69, 9.17) is 21.0 Å². The second-order valence-corrected chi connectivity index (χ2v) is 3.28. The minimum atomic E-state index is 0.0185. The summed E-state index contributed by atoms with van der Waals surface area (Å²) in [7, 11) is 0. The van der Waals surface area contributed by atoms with Crippen LogP contribution in [0.25, 0.3) is 0 Å². The van der Waals surface area contributed by atoms with Crippen molar-refractivity contribution in [2.45, 2.75) is 19.4 Å². The first-order valence-electron chi connectivity index (χ1n) is 4.88. The van der Waals surface area contributed by atoms with Gasteiger partial charge in [0.05, 0.1) is 19.0 Å². The van der Waals surface area contributed by atoms with Gasteiger partial charge >= 0.3 is 0 Å². The van der Waals surface area contributed by atoms with Crippen molar-refractivity contribution in [2.75, 3.05) is 6.61 Å². The van der Waals surface area contributed by atoms with Crippen LogP contribution >= 0.6 is 0 Å². The Morgan fingerprint density at radius 1 is 1.47 bits per heavy atom. The third-order valence-electron chi connectivity index (χ3n) is 1.94. The fourth-order valence-corrected chi connectivity index (χ4v) is 1.19. The summed E-state index contributed by atoms with van der Waals surface area (Å²) in [6.07, 6.45) is 1.29. The molecule has 0 atom stereocenters. The van der Waals surface area contributed by atoms with Crippen molar-refractivity contribution in [1.29, 1.82) is 5.41 Å². The molecule has 0 radical (unpaired) electrons. The number of rotatable bonds is 6. The molecule has 0 amide bonds. The molecule has 15 heavy (non-hydrogen) atoms. The second kappa shape index (κ2) is 6.03. The zero-order chi connectivity index (χ0) is 11.1. The number of nitrogens with two attached hydrogens (primary N) is 1. The van der Waals surface area contributed by atoms with E-state index in [2.05, 4.69) is 0 Å². The van der Waals surface area contributed by atoms with Crippen LogP contribution in [0.15, 0.2) is 24.3 Å². The van der Waals surface area contributed by atoms with E-state index in [0.29, 0.717) is 13.0 Å². The molecular weight excluding hydrogens is 192 g/mol. The summed E-state index contributed by atoms with van der Waals surface area (Å²) in [5, 5.41) is 15.9. The second-order valence-electron chi connectivity index (χ2n) is 3.28. The predicted octanol–water partition coefficient (Wildman–Crippen LogP) is 1.27. The first-order valence-corrected chi connectivity index (χ1v) is 4.88. The average Bonchev–Trinajstić information content (AvgIpc) is 2.24. The molecule has 4 heteroatoms. The number of hydrogen-bond donors (Lipinski definition) is 3. The highest BCUT2D eigenvalue weighted by molar-refractivity contribution is 5.76. The molecule has 0 bridgehead atoms. The molecule has 1 rings (SSSR count). The number of aliphatic hydroxyl groups is 1. The lowest BCUT2D eigenvalue weighted by Gasteiger charge is -2.06. The first kappa shape index (κ1) is 11.5. The molecule has 0 unspecified atom stereocenters. The van der Waals surface area contributed by atoms with Gasteiger partial charge < -0.3 is 15.6 Å². The Balaban J connectivity index is 2.33. The van der Waals surface area contributed by atoms with Gasteiger partial charge in [-0.05, 0) is 24.1 Å². The van der Waals surface area contributed by atoms with Gasteiger partial charge in [-0.25, -0.2) is 0 Å². The number of hydrogen-bond acceptors (Lipinski definition) is 3. The Kier molecular flexibility index (Phi) is 4.63. The molecule has 0 aliphatic heterocycles. The molecule has 4 N–H and O–H groups in total. The molecule has 0 aliphatic carbocycles. The Bertz CT molecular complexity index is 326. The highest BCUT2D eigenvalue weighted by Gasteiger charge is 1.96. The minimum Gasteiger partial charge on any atom is -0.494 e. The Morgan fingerprint density at radius 3 is 2.93 bits per heavy atom. The van der Waals surface area contributed by atoms with Gasteiger partial charge in [-0.15, -0.1) is 0 Å². The molecule has 0 heterocycles. The Morgan fingerprint density at radius 2 is 2.27 bits per heavy atom. The summed E-state index contributed by atoms with van der Waals surface area (Å²) in [5.74, 6) is 0.924. The van der Waals surface area contributed by atoms with E-state index in [1.807, 2.05) is 18.2 Å². The highest BCUT2D eigenvalue weighted by atomic mass is 16.5. The lowest BCUT2D eigenvalue weighted by molar-refractivity contribution is 0.279. The van der Waals surface area contributed by atoms with Gasteiger partial charge in [-0.2, -0.15) is 0 Å². The molecule has 0 saturated carbocycles. The smallest absolute Gasteiger partial charge is 0.119 e. The molecule has 0 aromatic heterocycles. The monoisotopic (exact) mass is 208 g/mol. The summed E-state index contributed by atoms with van der Waals surface area (Å²) < 4.78 is 5.44. The number of benzene rings is 1. The van der Waals surface area contributed by atoms with Crippen LogP contribution in [0.1, 0.15) is 18.4 Å². The van der Waals surface area contributed by atoms with E-state index in [1.54, 1.807) is 6.07 Å². The summed E-state index contributed by atoms with van der Waals surface area (Å²) in [4.78, 5) is 0. The van der Waals surface area contributed by atoms with Gasteiger partial charge in [0.2, 0.25) is 0 Å². The molecule has 0 fully saturated rings.